The molecular weight excluding hydrogens is 292 g/mol. The van der Waals surface area contributed by atoms with Crippen LogP contribution in [0.2, 0.25) is 0 Å². The second kappa shape index (κ2) is 5.94. The summed E-state index contributed by atoms with van der Waals surface area (Å²) in [5.74, 6) is 0.232. The standard InChI is InChI=1S/C22H26N2/c1-22(2,3)21(23)20-14-16(24(4)5)11-13-19(20)18-12-10-15-8-6-7-9-17(15)18/h6-14,18,23H,1-5H3. The molecule has 1 aliphatic carbocycles. The molecule has 0 aromatic heterocycles. The van der Waals surface area contributed by atoms with Gasteiger partial charge < -0.3 is 10.3 Å². The lowest BCUT2D eigenvalue weighted by atomic mass is 9.80. The molecule has 0 bridgehead atoms. The Morgan fingerprint density at radius 3 is 2.38 bits per heavy atom. The van der Waals surface area contributed by atoms with Crippen molar-refractivity contribution in [1.29, 1.82) is 5.41 Å². The molecule has 0 amide bonds. The van der Waals surface area contributed by atoms with E-state index in [-0.39, 0.29) is 11.3 Å². The van der Waals surface area contributed by atoms with Crippen LogP contribution in [0.15, 0.2) is 48.5 Å². The van der Waals surface area contributed by atoms with Gasteiger partial charge >= 0.3 is 0 Å². The lowest BCUT2D eigenvalue weighted by Gasteiger charge is -2.26. The Hall–Kier alpha value is -2.35. The van der Waals surface area contributed by atoms with Crippen LogP contribution in [0, 0.1) is 10.8 Å². The van der Waals surface area contributed by atoms with E-state index in [9.17, 15) is 0 Å². The molecule has 1 unspecified atom stereocenters. The van der Waals surface area contributed by atoms with E-state index >= 15 is 0 Å². The van der Waals surface area contributed by atoms with Gasteiger partial charge in [-0.1, -0.05) is 63.3 Å². The van der Waals surface area contributed by atoms with E-state index in [0.29, 0.717) is 5.71 Å². The maximum absolute atomic E-state index is 8.77. The first-order valence-corrected chi connectivity index (χ1v) is 8.47. The Labute approximate surface area is 145 Å². The number of rotatable bonds is 3. The van der Waals surface area contributed by atoms with E-state index in [1.54, 1.807) is 0 Å². The van der Waals surface area contributed by atoms with Gasteiger partial charge in [0.05, 0.1) is 0 Å². The number of allylic oxidation sites excluding steroid dienone is 1. The predicted octanol–water partition coefficient (Wildman–Crippen LogP) is 5.33. The highest BCUT2D eigenvalue weighted by Gasteiger charge is 2.27. The van der Waals surface area contributed by atoms with Gasteiger partial charge in [-0.15, -0.1) is 0 Å². The third kappa shape index (κ3) is 2.89. The van der Waals surface area contributed by atoms with Crippen molar-refractivity contribution in [3.05, 3.63) is 70.8 Å². The zero-order valence-corrected chi connectivity index (χ0v) is 15.2. The molecule has 0 heterocycles. The molecule has 0 saturated carbocycles. The van der Waals surface area contributed by atoms with Crippen LogP contribution in [0.4, 0.5) is 5.69 Å². The summed E-state index contributed by atoms with van der Waals surface area (Å²) in [5.41, 5.74) is 6.55. The molecule has 3 rings (SSSR count). The van der Waals surface area contributed by atoms with Crippen LogP contribution in [-0.4, -0.2) is 19.8 Å². The Bertz CT molecular complexity index is 807. The number of benzene rings is 2. The molecule has 24 heavy (non-hydrogen) atoms. The molecule has 0 radical (unpaired) electrons. The van der Waals surface area contributed by atoms with Crippen LogP contribution >= 0.6 is 0 Å². The maximum atomic E-state index is 8.77. The van der Waals surface area contributed by atoms with Crippen molar-refractivity contribution in [3.8, 4) is 0 Å². The van der Waals surface area contributed by atoms with Crippen molar-refractivity contribution < 1.29 is 0 Å². The van der Waals surface area contributed by atoms with Crippen LogP contribution < -0.4 is 4.90 Å². The fraction of sp³-hybridized carbons (Fsp3) is 0.318. The minimum atomic E-state index is -0.179. The normalized spacial score (nSPS) is 16.1. The Balaban J connectivity index is 2.15. The van der Waals surface area contributed by atoms with Crippen molar-refractivity contribution >= 4 is 17.5 Å². The summed E-state index contributed by atoms with van der Waals surface area (Å²) in [6.45, 7) is 6.33. The SMILES string of the molecule is CN(C)c1ccc(C2C=Cc3ccccc32)c(C(=N)C(C)(C)C)c1. The average molecular weight is 318 g/mol. The second-order valence-electron chi connectivity index (χ2n) is 7.76. The molecule has 0 spiro atoms. The van der Waals surface area contributed by atoms with Crippen LogP contribution in [0.3, 0.4) is 0 Å². The summed E-state index contributed by atoms with van der Waals surface area (Å²) in [6.07, 6.45) is 4.46. The maximum Gasteiger partial charge on any atom is 0.0443 e. The first-order valence-electron chi connectivity index (χ1n) is 8.47. The fourth-order valence-corrected chi connectivity index (χ4v) is 3.23. The summed E-state index contributed by atoms with van der Waals surface area (Å²) >= 11 is 0. The van der Waals surface area contributed by atoms with Gasteiger partial charge in [0.25, 0.3) is 0 Å². The zero-order chi connectivity index (χ0) is 17.5. The fourth-order valence-electron chi connectivity index (χ4n) is 3.23. The van der Waals surface area contributed by atoms with Gasteiger partial charge in [0.2, 0.25) is 0 Å². The average Bonchev–Trinajstić information content (AvgIpc) is 2.96. The minimum Gasteiger partial charge on any atom is -0.378 e. The molecule has 1 atom stereocenters. The molecule has 1 N–H and O–H groups in total. The van der Waals surface area contributed by atoms with Crippen molar-refractivity contribution in [2.75, 3.05) is 19.0 Å². The highest BCUT2D eigenvalue weighted by Crippen LogP contribution is 2.39. The summed E-state index contributed by atoms with van der Waals surface area (Å²) in [6, 6.07) is 15.1. The molecular formula is C22H26N2. The summed E-state index contributed by atoms with van der Waals surface area (Å²) < 4.78 is 0. The second-order valence-corrected chi connectivity index (χ2v) is 7.76. The highest BCUT2D eigenvalue weighted by molar-refractivity contribution is 6.04. The first-order chi connectivity index (χ1) is 11.3. The van der Waals surface area contributed by atoms with Gasteiger partial charge in [0, 0.05) is 42.4 Å². The topological polar surface area (TPSA) is 27.1 Å². The number of hydrogen-bond donors (Lipinski definition) is 1. The van der Waals surface area contributed by atoms with Gasteiger partial charge in [-0.2, -0.15) is 0 Å². The number of nitrogens with one attached hydrogen (secondary N) is 1. The molecule has 2 aromatic rings. The number of nitrogens with zero attached hydrogens (tertiary/aromatic N) is 1. The molecule has 2 aromatic carbocycles. The largest absolute Gasteiger partial charge is 0.378 e. The molecule has 0 aliphatic heterocycles. The third-order valence-corrected chi connectivity index (χ3v) is 4.71. The quantitative estimate of drug-likeness (QED) is 0.761. The number of hydrogen-bond acceptors (Lipinski definition) is 2. The number of fused-ring (bicyclic) bond motifs is 1. The molecule has 2 heteroatoms. The van der Waals surface area contributed by atoms with Gasteiger partial charge in [0.15, 0.2) is 0 Å². The molecule has 2 nitrogen and oxygen atoms in total. The van der Waals surface area contributed by atoms with Gasteiger partial charge in [-0.25, -0.2) is 0 Å². The highest BCUT2D eigenvalue weighted by atomic mass is 15.1. The van der Waals surface area contributed by atoms with Crippen molar-refractivity contribution in [2.45, 2.75) is 26.7 Å². The monoisotopic (exact) mass is 318 g/mol. The van der Waals surface area contributed by atoms with Crippen LogP contribution in [0.5, 0.6) is 0 Å². The summed E-state index contributed by atoms with van der Waals surface area (Å²) in [4.78, 5) is 2.10. The van der Waals surface area contributed by atoms with E-state index in [0.717, 1.165) is 11.3 Å². The summed E-state index contributed by atoms with van der Waals surface area (Å²) in [7, 11) is 4.09. The van der Waals surface area contributed by atoms with Gasteiger partial charge in [-0.05, 0) is 28.8 Å². The Morgan fingerprint density at radius 1 is 1.00 bits per heavy atom. The molecule has 1 aliphatic rings. The minimum absolute atomic E-state index is 0.179. The molecule has 0 fully saturated rings. The third-order valence-electron chi connectivity index (χ3n) is 4.71. The van der Waals surface area contributed by atoms with Gasteiger partial charge in [0.1, 0.15) is 0 Å². The Kier molecular flexibility index (Phi) is 4.08. The molecule has 124 valence electrons. The van der Waals surface area contributed by atoms with E-state index in [1.807, 2.05) is 14.1 Å². The zero-order valence-electron chi connectivity index (χ0n) is 15.2. The van der Waals surface area contributed by atoms with Crippen molar-refractivity contribution in [2.24, 2.45) is 5.41 Å². The first kappa shape index (κ1) is 16.5. The predicted molar refractivity (Wildman–Crippen MR) is 104 cm³/mol. The number of anilines is 1. The van der Waals surface area contributed by atoms with E-state index < -0.39 is 0 Å². The van der Waals surface area contributed by atoms with Crippen molar-refractivity contribution in [3.63, 3.8) is 0 Å². The lowest BCUT2D eigenvalue weighted by Crippen LogP contribution is -2.23. The summed E-state index contributed by atoms with van der Waals surface area (Å²) in [5, 5.41) is 8.77. The van der Waals surface area contributed by atoms with E-state index in [2.05, 4.69) is 80.3 Å². The molecule has 0 saturated heterocycles. The Morgan fingerprint density at radius 2 is 1.71 bits per heavy atom. The van der Waals surface area contributed by atoms with Crippen LogP contribution in [0.25, 0.3) is 6.08 Å². The van der Waals surface area contributed by atoms with Gasteiger partial charge in [-0.3, -0.25) is 0 Å². The van der Waals surface area contributed by atoms with E-state index in [1.165, 1.54) is 16.7 Å². The van der Waals surface area contributed by atoms with Crippen molar-refractivity contribution in [1.82, 2.24) is 0 Å². The lowest BCUT2D eigenvalue weighted by molar-refractivity contribution is 0.588. The van der Waals surface area contributed by atoms with Crippen LogP contribution in [-0.2, 0) is 0 Å². The van der Waals surface area contributed by atoms with E-state index in [4.69, 9.17) is 5.41 Å². The van der Waals surface area contributed by atoms with Crippen LogP contribution in [0.1, 0.15) is 48.9 Å². The smallest absolute Gasteiger partial charge is 0.0443 e.